The van der Waals surface area contributed by atoms with Crippen LogP contribution in [-0.4, -0.2) is 27.9 Å². The van der Waals surface area contributed by atoms with Gasteiger partial charge in [0.15, 0.2) is 11.2 Å². The number of ether oxygens (including phenoxy) is 1. The van der Waals surface area contributed by atoms with Crippen molar-refractivity contribution in [2.45, 2.75) is 13.0 Å². The van der Waals surface area contributed by atoms with Crippen molar-refractivity contribution >= 4 is 72.3 Å². The first-order chi connectivity index (χ1) is 19.0. The van der Waals surface area contributed by atoms with Crippen LogP contribution in [0.2, 0.25) is 5.02 Å². The number of carbonyl (C=O) groups is 2. The SMILES string of the molecule is CC(OC(=O)c1cccc2cccc(-c3nc4ccccc4s3)c12)C(=O)Nc1nc(-c2ccccc2Cl)cs1. The summed E-state index contributed by atoms with van der Waals surface area (Å²) in [6.07, 6.45) is -1.05. The van der Waals surface area contributed by atoms with Gasteiger partial charge in [0.1, 0.15) is 5.01 Å². The Bertz CT molecular complexity index is 1830. The van der Waals surface area contributed by atoms with E-state index in [9.17, 15) is 9.59 Å². The molecule has 2 heterocycles. The summed E-state index contributed by atoms with van der Waals surface area (Å²) >= 11 is 9.10. The molecule has 0 spiro atoms. The Kier molecular flexibility index (Phi) is 6.83. The molecule has 6 aromatic rings. The van der Waals surface area contributed by atoms with E-state index in [1.807, 2.05) is 72.1 Å². The molecule has 192 valence electrons. The van der Waals surface area contributed by atoms with Crippen molar-refractivity contribution in [2.75, 3.05) is 5.32 Å². The van der Waals surface area contributed by atoms with Crippen LogP contribution in [0.1, 0.15) is 17.3 Å². The van der Waals surface area contributed by atoms with Crippen LogP contribution in [0.15, 0.2) is 90.3 Å². The number of rotatable bonds is 6. The molecule has 1 N–H and O–H groups in total. The molecule has 0 saturated heterocycles. The number of halogens is 1. The van der Waals surface area contributed by atoms with Crippen LogP contribution >= 0.6 is 34.3 Å². The number of benzene rings is 4. The predicted molar refractivity (Wildman–Crippen MR) is 159 cm³/mol. The van der Waals surface area contributed by atoms with Crippen molar-refractivity contribution in [3.63, 3.8) is 0 Å². The molecule has 4 aromatic carbocycles. The molecule has 0 bridgehead atoms. The third-order valence-corrected chi connectivity index (χ3v) is 8.34. The highest BCUT2D eigenvalue weighted by atomic mass is 35.5. The van der Waals surface area contributed by atoms with Gasteiger partial charge in [0.2, 0.25) is 0 Å². The van der Waals surface area contributed by atoms with E-state index in [4.69, 9.17) is 21.3 Å². The molecular weight excluding hydrogens is 550 g/mol. The van der Waals surface area contributed by atoms with Gasteiger partial charge in [0.05, 0.1) is 21.5 Å². The molecule has 0 aliphatic heterocycles. The van der Waals surface area contributed by atoms with Crippen LogP contribution < -0.4 is 5.32 Å². The summed E-state index contributed by atoms with van der Waals surface area (Å²) in [5, 5.41) is 7.94. The van der Waals surface area contributed by atoms with Crippen molar-refractivity contribution < 1.29 is 14.3 Å². The summed E-state index contributed by atoms with van der Waals surface area (Å²) in [4.78, 5) is 35.5. The van der Waals surface area contributed by atoms with Crippen molar-refractivity contribution in [3.8, 4) is 21.8 Å². The van der Waals surface area contributed by atoms with Gasteiger partial charge in [-0.3, -0.25) is 10.1 Å². The Hall–Kier alpha value is -4.11. The quantitative estimate of drug-likeness (QED) is 0.205. The topological polar surface area (TPSA) is 81.2 Å². The number of para-hydroxylation sites is 1. The Morgan fingerprint density at radius 2 is 1.64 bits per heavy atom. The fourth-order valence-corrected chi connectivity index (χ4v) is 6.23. The number of hydrogen-bond donors (Lipinski definition) is 1. The minimum atomic E-state index is -1.05. The van der Waals surface area contributed by atoms with E-state index in [2.05, 4.69) is 10.3 Å². The highest BCUT2D eigenvalue weighted by Gasteiger charge is 2.23. The van der Waals surface area contributed by atoms with Crippen molar-refractivity contribution in [2.24, 2.45) is 0 Å². The van der Waals surface area contributed by atoms with Gasteiger partial charge >= 0.3 is 5.97 Å². The number of fused-ring (bicyclic) bond motifs is 2. The van der Waals surface area contributed by atoms with Crippen LogP contribution in [0.25, 0.3) is 42.8 Å². The lowest BCUT2D eigenvalue weighted by atomic mass is 9.99. The standard InChI is InChI=1S/C30H20ClN3O3S2/c1-17(27(35)34-30-33-24(16-38-30)19-10-2-3-13-22(19)31)37-29(36)21-12-7-9-18-8-6-11-20(26(18)21)28-32-23-14-4-5-15-25(23)39-28/h2-17H,1H3,(H,33,34,35). The maximum Gasteiger partial charge on any atom is 0.339 e. The molecule has 0 fully saturated rings. The Morgan fingerprint density at radius 1 is 0.897 bits per heavy atom. The minimum Gasteiger partial charge on any atom is -0.449 e. The zero-order valence-corrected chi connectivity index (χ0v) is 22.9. The largest absolute Gasteiger partial charge is 0.449 e. The van der Waals surface area contributed by atoms with Gasteiger partial charge in [0, 0.05) is 26.9 Å². The number of esters is 1. The smallest absolute Gasteiger partial charge is 0.339 e. The lowest BCUT2D eigenvalue weighted by Crippen LogP contribution is -2.30. The third kappa shape index (κ3) is 5.02. The Balaban J connectivity index is 1.24. The first-order valence-electron chi connectivity index (χ1n) is 12.1. The number of nitrogens with one attached hydrogen (secondary N) is 1. The molecule has 1 atom stereocenters. The molecule has 1 amide bonds. The van der Waals surface area contributed by atoms with Crippen LogP contribution in [-0.2, 0) is 9.53 Å². The molecule has 6 nitrogen and oxygen atoms in total. The van der Waals surface area contributed by atoms with Gasteiger partial charge in [-0.2, -0.15) is 0 Å². The molecule has 39 heavy (non-hydrogen) atoms. The highest BCUT2D eigenvalue weighted by Crippen LogP contribution is 2.36. The Labute approximate surface area is 236 Å². The van der Waals surface area contributed by atoms with Gasteiger partial charge < -0.3 is 4.74 Å². The lowest BCUT2D eigenvalue weighted by Gasteiger charge is -2.14. The molecule has 0 radical (unpaired) electrons. The summed E-state index contributed by atoms with van der Waals surface area (Å²) in [6.45, 7) is 1.54. The molecule has 0 saturated carbocycles. The highest BCUT2D eigenvalue weighted by molar-refractivity contribution is 7.21. The average Bonchev–Trinajstić information content (AvgIpc) is 3.59. The van der Waals surface area contributed by atoms with Crippen LogP contribution in [0.4, 0.5) is 5.13 Å². The first kappa shape index (κ1) is 25.2. The molecule has 2 aromatic heterocycles. The summed E-state index contributed by atoms with van der Waals surface area (Å²) < 4.78 is 6.69. The fraction of sp³-hybridized carbons (Fsp3) is 0.0667. The van der Waals surface area contributed by atoms with E-state index >= 15 is 0 Å². The number of amides is 1. The van der Waals surface area contributed by atoms with Gasteiger partial charge in [0.25, 0.3) is 5.91 Å². The number of anilines is 1. The lowest BCUT2D eigenvalue weighted by molar-refractivity contribution is -0.123. The zero-order chi connectivity index (χ0) is 26.9. The molecule has 0 aliphatic rings. The molecule has 1 unspecified atom stereocenters. The summed E-state index contributed by atoms with van der Waals surface area (Å²) in [6, 6.07) is 26.6. The van der Waals surface area contributed by atoms with Crippen LogP contribution in [0, 0.1) is 0 Å². The van der Waals surface area contributed by atoms with Crippen molar-refractivity contribution in [3.05, 3.63) is 101 Å². The van der Waals surface area contributed by atoms with Crippen LogP contribution in [0.5, 0.6) is 0 Å². The van der Waals surface area contributed by atoms with E-state index < -0.39 is 18.0 Å². The van der Waals surface area contributed by atoms with Gasteiger partial charge in [-0.15, -0.1) is 22.7 Å². The van der Waals surface area contributed by atoms with Gasteiger partial charge in [-0.25, -0.2) is 14.8 Å². The number of carbonyl (C=O) groups excluding carboxylic acids is 2. The number of aromatic nitrogens is 2. The minimum absolute atomic E-state index is 0.372. The van der Waals surface area contributed by atoms with Crippen LogP contribution in [0.3, 0.4) is 0 Å². The van der Waals surface area contributed by atoms with Gasteiger partial charge in [-0.05, 0) is 36.6 Å². The van der Waals surface area contributed by atoms with E-state index in [-0.39, 0.29) is 0 Å². The summed E-state index contributed by atoms with van der Waals surface area (Å²) in [5.74, 6) is -1.07. The van der Waals surface area contributed by atoms with Crippen molar-refractivity contribution in [1.82, 2.24) is 9.97 Å². The normalized spacial score (nSPS) is 11.9. The molecular formula is C30H20ClN3O3S2. The maximum absolute atomic E-state index is 13.4. The van der Waals surface area contributed by atoms with E-state index in [1.54, 1.807) is 29.5 Å². The average molecular weight is 570 g/mol. The number of thiazole rings is 2. The predicted octanol–water partition coefficient (Wildman–Crippen LogP) is 8.08. The van der Waals surface area contributed by atoms with Crippen molar-refractivity contribution in [1.29, 1.82) is 0 Å². The zero-order valence-electron chi connectivity index (χ0n) is 20.6. The summed E-state index contributed by atoms with van der Waals surface area (Å²) in [5.41, 5.74) is 3.55. The maximum atomic E-state index is 13.4. The van der Waals surface area contributed by atoms with Gasteiger partial charge in [-0.1, -0.05) is 72.3 Å². The second kappa shape index (κ2) is 10.6. The third-order valence-electron chi connectivity index (χ3n) is 6.19. The van der Waals surface area contributed by atoms with E-state index in [0.717, 1.165) is 37.1 Å². The number of nitrogens with zero attached hydrogens (tertiary/aromatic N) is 2. The Morgan fingerprint density at radius 3 is 2.46 bits per heavy atom. The monoisotopic (exact) mass is 569 g/mol. The molecule has 6 rings (SSSR count). The van der Waals surface area contributed by atoms with E-state index in [1.165, 1.54) is 18.3 Å². The fourth-order valence-electron chi connectivity index (χ4n) is 4.29. The second-order valence-electron chi connectivity index (χ2n) is 8.75. The number of hydrogen-bond acceptors (Lipinski definition) is 7. The summed E-state index contributed by atoms with van der Waals surface area (Å²) in [7, 11) is 0. The van der Waals surface area contributed by atoms with E-state index in [0.29, 0.717) is 21.4 Å². The molecule has 9 heteroatoms. The molecule has 0 aliphatic carbocycles. The second-order valence-corrected chi connectivity index (χ2v) is 11.0. The first-order valence-corrected chi connectivity index (χ1v) is 14.2.